The van der Waals surface area contributed by atoms with Crippen LogP contribution in [0.5, 0.6) is 0 Å². The summed E-state index contributed by atoms with van der Waals surface area (Å²) < 4.78 is 15.6. The van der Waals surface area contributed by atoms with E-state index in [-0.39, 0.29) is 0 Å². The maximum absolute atomic E-state index is 11.4. The van der Waals surface area contributed by atoms with Gasteiger partial charge in [-0.15, -0.1) is 0 Å². The topological polar surface area (TPSA) is 110 Å². The lowest BCUT2D eigenvalue weighted by atomic mass is 10.1. The molecule has 0 radical (unpaired) electrons. The standard InChI is InChI=1S/C13H26NO5P/c1-2-3-4-5-6-7-10-19-13(15)12(14)9-8-11-20(16,17)18/h8-9,12H,2-7,10-11,14H2,1H3,(H2,16,17,18). The first-order valence-corrected chi connectivity index (χ1v) is 8.80. The molecule has 0 aliphatic carbocycles. The van der Waals surface area contributed by atoms with Crippen molar-refractivity contribution in [2.75, 3.05) is 12.8 Å². The van der Waals surface area contributed by atoms with Gasteiger partial charge in [-0.2, -0.15) is 0 Å². The van der Waals surface area contributed by atoms with Crippen LogP contribution in [0.3, 0.4) is 0 Å². The van der Waals surface area contributed by atoms with Crippen LogP contribution >= 0.6 is 7.60 Å². The molecule has 0 aromatic heterocycles. The third-order valence-electron chi connectivity index (χ3n) is 2.70. The first-order valence-electron chi connectivity index (χ1n) is 7.00. The molecule has 0 rings (SSSR count). The Morgan fingerprint density at radius 2 is 1.85 bits per heavy atom. The number of unbranched alkanes of at least 4 members (excludes halogenated alkanes) is 5. The van der Waals surface area contributed by atoms with E-state index in [1.165, 1.54) is 31.4 Å². The number of carbonyl (C=O) groups excluding carboxylic acids is 1. The van der Waals surface area contributed by atoms with E-state index >= 15 is 0 Å². The van der Waals surface area contributed by atoms with Crippen LogP contribution in [-0.4, -0.2) is 34.6 Å². The highest BCUT2D eigenvalue weighted by molar-refractivity contribution is 7.51. The second-order valence-corrected chi connectivity index (χ2v) is 6.43. The van der Waals surface area contributed by atoms with E-state index in [1.807, 2.05) is 0 Å². The van der Waals surface area contributed by atoms with Gasteiger partial charge in [-0.3, -0.25) is 9.36 Å². The molecular weight excluding hydrogens is 281 g/mol. The predicted molar refractivity (Wildman–Crippen MR) is 78.4 cm³/mol. The van der Waals surface area contributed by atoms with Gasteiger partial charge in [-0.05, 0) is 6.42 Å². The molecule has 0 heterocycles. The molecule has 0 fully saturated rings. The van der Waals surface area contributed by atoms with Crippen molar-refractivity contribution in [1.82, 2.24) is 0 Å². The van der Waals surface area contributed by atoms with Gasteiger partial charge < -0.3 is 20.3 Å². The molecule has 0 aromatic carbocycles. The number of hydrogen-bond acceptors (Lipinski definition) is 4. The van der Waals surface area contributed by atoms with Crippen LogP contribution in [0, 0.1) is 0 Å². The lowest BCUT2D eigenvalue weighted by Gasteiger charge is -2.08. The summed E-state index contributed by atoms with van der Waals surface area (Å²) in [5.74, 6) is -0.569. The summed E-state index contributed by atoms with van der Waals surface area (Å²) in [4.78, 5) is 28.7. The lowest BCUT2D eigenvalue weighted by Crippen LogP contribution is -2.30. The van der Waals surface area contributed by atoms with Gasteiger partial charge in [0.1, 0.15) is 6.04 Å². The van der Waals surface area contributed by atoms with Gasteiger partial charge in [0, 0.05) is 0 Å². The smallest absolute Gasteiger partial charge is 0.329 e. The molecule has 1 atom stereocenters. The molecular formula is C13H26NO5P. The monoisotopic (exact) mass is 307 g/mol. The number of hydrogen-bond donors (Lipinski definition) is 3. The van der Waals surface area contributed by atoms with Crippen LogP contribution in [-0.2, 0) is 14.1 Å². The first-order chi connectivity index (χ1) is 9.37. The number of esters is 1. The van der Waals surface area contributed by atoms with Crippen LogP contribution in [0.1, 0.15) is 45.4 Å². The van der Waals surface area contributed by atoms with E-state index < -0.39 is 25.8 Å². The zero-order chi connectivity index (χ0) is 15.4. The van der Waals surface area contributed by atoms with Gasteiger partial charge in [0.15, 0.2) is 0 Å². The SMILES string of the molecule is CCCCCCCCOC(=O)C(N)C=CCP(=O)(O)O. The Morgan fingerprint density at radius 3 is 2.45 bits per heavy atom. The highest BCUT2D eigenvalue weighted by atomic mass is 31.2. The molecule has 0 saturated carbocycles. The summed E-state index contributed by atoms with van der Waals surface area (Å²) in [6.07, 6.45) is 8.64. The maximum atomic E-state index is 11.4. The fourth-order valence-electron chi connectivity index (χ4n) is 1.57. The molecule has 118 valence electrons. The minimum absolute atomic E-state index is 0.338. The van der Waals surface area contributed by atoms with Gasteiger partial charge in [-0.25, -0.2) is 0 Å². The van der Waals surface area contributed by atoms with Crippen molar-refractivity contribution in [3.05, 3.63) is 12.2 Å². The van der Waals surface area contributed by atoms with Gasteiger partial charge in [-0.1, -0.05) is 51.2 Å². The second-order valence-electron chi connectivity index (χ2n) is 4.74. The lowest BCUT2D eigenvalue weighted by molar-refractivity contribution is -0.144. The molecule has 0 bridgehead atoms. The van der Waals surface area contributed by atoms with Crippen molar-refractivity contribution < 1.29 is 23.9 Å². The Balaban J connectivity index is 3.68. The van der Waals surface area contributed by atoms with Gasteiger partial charge >= 0.3 is 13.6 Å². The fraction of sp³-hybridized carbons (Fsp3) is 0.769. The van der Waals surface area contributed by atoms with Crippen LogP contribution in [0.2, 0.25) is 0 Å². The number of allylic oxidation sites excluding steroid dienone is 1. The fourth-order valence-corrected chi connectivity index (χ4v) is 1.97. The summed E-state index contributed by atoms with van der Waals surface area (Å²) in [6.45, 7) is 2.49. The van der Waals surface area contributed by atoms with Crippen molar-refractivity contribution in [1.29, 1.82) is 0 Å². The second kappa shape index (κ2) is 11.0. The maximum Gasteiger partial charge on any atom is 0.329 e. The van der Waals surface area contributed by atoms with Crippen LogP contribution < -0.4 is 5.73 Å². The van der Waals surface area contributed by atoms with E-state index in [1.54, 1.807) is 0 Å². The van der Waals surface area contributed by atoms with E-state index in [0.717, 1.165) is 19.3 Å². The Hall–Kier alpha value is -0.680. The van der Waals surface area contributed by atoms with Crippen LogP contribution in [0.15, 0.2) is 12.2 Å². The highest BCUT2D eigenvalue weighted by Gasteiger charge is 2.13. The third-order valence-corrected chi connectivity index (χ3v) is 3.39. The van der Waals surface area contributed by atoms with Gasteiger partial charge in [0.2, 0.25) is 0 Å². The Kier molecular flexibility index (Phi) is 10.7. The number of carbonyl (C=O) groups is 1. The van der Waals surface area contributed by atoms with Crippen molar-refractivity contribution in [3.63, 3.8) is 0 Å². The van der Waals surface area contributed by atoms with Gasteiger partial charge in [0.05, 0.1) is 12.8 Å². The zero-order valence-corrected chi connectivity index (χ0v) is 12.9. The normalized spacial score (nSPS) is 13.6. The molecule has 1 unspecified atom stereocenters. The Bertz CT molecular complexity index is 340. The van der Waals surface area contributed by atoms with Crippen molar-refractivity contribution >= 4 is 13.6 Å². The summed E-state index contributed by atoms with van der Waals surface area (Å²) in [5, 5.41) is 0. The van der Waals surface area contributed by atoms with Crippen molar-refractivity contribution in [2.24, 2.45) is 5.73 Å². The van der Waals surface area contributed by atoms with E-state index in [2.05, 4.69) is 6.92 Å². The van der Waals surface area contributed by atoms with Crippen molar-refractivity contribution in [3.8, 4) is 0 Å². The minimum atomic E-state index is -4.09. The van der Waals surface area contributed by atoms with Gasteiger partial charge in [0.25, 0.3) is 0 Å². The average molecular weight is 307 g/mol. The highest BCUT2D eigenvalue weighted by Crippen LogP contribution is 2.33. The Morgan fingerprint density at radius 1 is 1.25 bits per heavy atom. The molecule has 0 amide bonds. The van der Waals surface area contributed by atoms with Crippen LogP contribution in [0.4, 0.5) is 0 Å². The predicted octanol–water partition coefficient (Wildman–Crippen LogP) is 1.95. The van der Waals surface area contributed by atoms with Crippen molar-refractivity contribution in [2.45, 2.75) is 51.5 Å². The third kappa shape index (κ3) is 12.4. The first kappa shape index (κ1) is 19.3. The molecule has 4 N–H and O–H groups in total. The van der Waals surface area contributed by atoms with E-state index in [9.17, 15) is 9.36 Å². The summed E-state index contributed by atoms with van der Waals surface area (Å²) in [5.41, 5.74) is 5.51. The molecule has 0 saturated heterocycles. The quantitative estimate of drug-likeness (QED) is 0.233. The molecule has 6 nitrogen and oxygen atoms in total. The molecule has 0 aliphatic rings. The molecule has 0 aliphatic heterocycles. The average Bonchev–Trinajstić information content (AvgIpc) is 2.35. The van der Waals surface area contributed by atoms with E-state index in [0.29, 0.717) is 6.61 Å². The molecule has 20 heavy (non-hydrogen) atoms. The van der Waals surface area contributed by atoms with Crippen LogP contribution in [0.25, 0.3) is 0 Å². The number of rotatable bonds is 11. The van der Waals surface area contributed by atoms with E-state index in [4.69, 9.17) is 20.3 Å². The molecule has 0 spiro atoms. The summed E-state index contributed by atoms with van der Waals surface area (Å²) in [7, 11) is -4.09. The molecule has 0 aromatic rings. The summed E-state index contributed by atoms with van der Waals surface area (Å²) >= 11 is 0. The number of ether oxygens (including phenoxy) is 1. The zero-order valence-electron chi connectivity index (χ0n) is 12.0. The minimum Gasteiger partial charge on any atom is -0.464 e. The largest absolute Gasteiger partial charge is 0.464 e. The number of nitrogens with two attached hydrogens (primary N) is 1. The Labute approximate surface area is 120 Å². The summed E-state index contributed by atoms with van der Waals surface area (Å²) in [6, 6.07) is -0.971. The molecule has 7 heteroatoms.